The largest absolute Gasteiger partial charge is 0.490 e. The van der Waals surface area contributed by atoms with Gasteiger partial charge in [-0.1, -0.05) is 0 Å². The molecule has 2 aromatic rings. The van der Waals surface area contributed by atoms with Gasteiger partial charge in [0.15, 0.2) is 0 Å². The molecule has 5 nitrogen and oxygen atoms in total. The number of halogens is 3. The van der Waals surface area contributed by atoms with Gasteiger partial charge >= 0.3 is 0 Å². The van der Waals surface area contributed by atoms with Gasteiger partial charge in [-0.15, -0.1) is 0 Å². The number of nitrogens with two attached hydrogens (primary N) is 1. The summed E-state index contributed by atoms with van der Waals surface area (Å²) in [6.07, 6.45) is 1.30. The molecule has 0 unspecified atom stereocenters. The minimum Gasteiger partial charge on any atom is -0.490 e. The molecule has 8 heteroatoms. The second-order valence-electron chi connectivity index (χ2n) is 4.15. The molecule has 0 atom stereocenters. The molecule has 0 aliphatic rings. The molecule has 21 heavy (non-hydrogen) atoms. The van der Waals surface area contributed by atoms with E-state index in [2.05, 4.69) is 21.0 Å². The summed E-state index contributed by atoms with van der Waals surface area (Å²) in [5, 5.41) is 3.83. The molecule has 0 radical (unpaired) electrons. The normalized spacial score (nSPS) is 10.7. The second-order valence-corrected chi connectivity index (χ2v) is 5.00. The number of aromatic nitrogens is 2. The van der Waals surface area contributed by atoms with Crippen molar-refractivity contribution in [2.24, 2.45) is 5.73 Å². The molecule has 0 saturated heterocycles. The molecule has 2 N–H and O–H groups in total. The van der Waals surface area contributed by atoms with Crippen LogP contribution in [-0.4, -0.2) is 22.9 Å². The van der Waals surface area contributed by atoms with Crippen molar-refractivity contribution in [3.63, 3.8) is 0 Å². The summed E-state index contributed by atoms with van der Waals surface area (Å²) < 4.78 is 33.7. The molecule has 0 spiro atoms. The van der Waals surface area contributed by atoms with E-state index in [1.807, 2.05) is 0 Å². The Kier molecular flexibility index (Phi) is 5.03. The monoisotopic (exact) mass is 359 g/mol. The lowest BCUT2D eigenvalue weighted by Crippen LogP contribution is -2.24. The Hall–Kier alpha value is -1.80. The summed E-state index contributed by atoms with van der Waals surface area (Å²) >= 11 is 2.97. The van der Waals surface area contributed by atoms with E-state index in [1.54, 1.807) is 0 Å². The van der Waals surface area contributed by atoms with Gasteiger partial charge in [0.1, 0.15) is 24.0 Å². The number of nitrogens with zero attached hydrogens (tertiary/aromatic N) is 2. The highest BCUT2D eigenvalue weighted by molar-refractivity contribution is 9.10. The minimum atomic E-state index is -0.757. The van der Waals surface area contributed by atoms with Gasteiger partial charge in [-0.05, 0) is 28.1 Å². The van der Waals surface area contributed by atoms with Crippen molar-refractivity contribution >= 4 is 15.9 Å². The average molecular weight is 360 g/mol. The standard InChI is InChI=1S/C13H12BrF2N3O2/c14-10-1-2-11(15)9(13(10)16)7-19-12(20)5-8(6-18-19)21-4-3-17/h1-2,5-6H,3-4,7,17H2. The van der Waals surface area contributed by atoms with Gasteiger partial charge in [-0.2, -0.15) is 5.10 Å². The van der Waals surface area contributed by atoms with Crippen molar-refractivity contribution in [2.75, 3.05) is 13.2 Å². The molecule has 0 aliphatic heterocycles. The van der Waals surface area contributed by atoms with Crippen molar-refractivity contribution in [3.8, 4) is 5.75 Å². The molecule has 1 heterocycles. The summed E-state index contributed by atoms with van der Waals surface area (Å²) in [5.74, 6) is -1.24. The van der Waals surface area contributed by atoms with Crippen LogP contribution in [0, 0.1) is 11.6 Å². The van der Waals surface area contributed by atoms with E-state index in [0.717, 1.165) is 10.7 Å². The van der Waals surface area contributed by atoms with Crippen LogP contribution < -0.4 is 16.0 Å². The maximum atomic E-state index is 13.9. The van der Waals surface area contributed by atoms with Crippen LogP contribution in [-0.2, 0) is 6.54 Å². The van der Waals surface area contributed by atoms with Crippen LogP contribution in [0.4, 0.5) is 8.78 Å². The predicted molar refractivity (Wildman–Crippen MR) is 76.2 cm³/mol. The first-order valence-corrected chi connectivity index (χ1v) is 6.84. The van der Waals surface area contributed by atoms with Crippen molar-refractivity contribution in [1.82, 2.24) is 9.78 Å². The first-order chi connectivity index (χ1) is 10.0. The quantitative estimate of drug-likeness (QED) is 0.824. The molecule has 0 bridgehead atoms. The summed E-state index contributed by atoms with van der Waals surface area (Å²) in [6.45, 7) is 0.241. The van der Waals surface area contributed by atoms with Crippen LogP contribution in [0.15, 0.2) is 33.7 Å². The Morgan fingerprint density at radius 3 is 2.81 bits per heavy atom. The molecule has 112 valence electrons. The Labute approximate surface area is 127 Å². The fraction of sp³-hybridized carbons (Fsp3) is 0.231. The van der Waals surface area contributed by atoms with Gasteiger partial charge in [-0.3, -0.25) is 4.79 Å². The summed E-state index contributed by atoms with van der Waals surface area (Å²) in [7, 11) is 0. The number of benzene rings is 1. The summed E-state index contributed by atoms with van der Waals surface area (Å²) in [4.78, 5) is 11.8. The van der Waals surface area contributed by atoms with Crippen LogP contribution in [0.5, 0.6) is 5.75 Å². The Bertz CT molecular complexity index is 706. The van der Waals surface area contributed by atoms with Gasteiger partial charge in [0.25, 0.3) is 5.56 Å². The van der Waals surface area contributed by atoms with E-state index < -0.39 is 17.2 Å². The van der Waals surface area contributed by atoms with Crippen molar-refractivity contribution in [2.45, 2.75) is 6.54 Å². The van der Waals surface area contributed by atoms with Crippen LogP contribution in [0.3, 0.4) is 0 Å². The predicted octanol–water partition coefficient (Wildman–Crippen LogP) is 1.67. The van der Waals surface area contributed by atoms with E-state index >= 15 is 0 Å². The van der Waals surface area contributed by atoms with Gasteiger partial charge in [0.2, 0.25) is 0 Å². The zero-order valence-electron chi connectivity index (χ0n) is 10.9. The molecule has 2 rings (SSSR count). The second kappa shape index (κ2) is 6.77. The first kappa shape index (κ1) is 15.6. The lowest BCUT2D eigenvalue weighted by Gasteiger charge is -2.09. The van der Waals surface area contributed by atoms with Crippen molar-refractivity contribution in [1.29, 1.82) is 0 Å². The van der Waals surface area contributed by atoms with Gasteiger partial charge in [0.05, 0.1) is 17.2 Å². The van der Waals surface area contributed by atoms with Crippen LogP contribution in [0.2, 0.25) is 0 Å². The van der Waals surface area contributed by atoms with Crippen LogP contribution in [0.25, 0.3) is 0 Å². The molecule has 1 aromatic heterocycles. The SMILES string of the molecule is NCCOc1cnn(Cc2c(F)ccc(Br)c2F)c(=O)c1. The fourth-order valence-corrected chi connectivity index (χ4v) is 2.03. The van der Waals surface area contributed by atoms with Gasteiger partial charge in [0, 0.05) is 18.2 Å². The van der Waals surface area contributed by atoms with E-state index in [1.165, 1.54) is 18.3 Å². The van der Waals surface area contributed by atoms with Crippen LogP contribution >= 0.6 is 15.9 Å². The molecule has 0 amide bonds. The number of rotatable bonds is 5. The third-order valence-corrected chi connectivity index (χ3v) is 3.29. The van der Waals surface area contributed by atoms with E-state index in [-0.39, 0.29) is 28.9 Å². The third kappa shape index (κ3) is 3.64. The third-order valence-electron chi connectivity index (χ3n) is 2.68. The molecular formula is C13H12BrF2N3O2. The van der Waals surface area contributed by atoms with Gasteiger partial charge in [-0.25, -0.2) is 13.5 Å². The summed E-state index contributed by atoms with van der Waals surface area (Å²) in [6, 6.07) is 3.57. The molecule has 0 saturated carbocycles. The fourth-order valence-electron chi connectivity index (χ4n) is 1.66. The smallest absolute Gasteiger partial charge is 0.270 e. The molecule has 0 aliphatic carbocycles. The number of hydrogen-bond donors (Lipinski definition) is 1. The first-order valence-electron chi connectivity index (χ1n) is 6.05. The topological polar surface area (TPSA) is 70.1 Å². The lowest BCUT2D eigenvalue weighted by atomic mass is 10.2. The zero-order chi connectivity index (χ0) is 15.4. The molecular weight excluding hydrogens is 348 g/mol. The Balaban J connectivity index is 2.29. The highest BCUT2D eigenvalue weighted by Gasteiger charge is 2.14. The Morgan fingerprint density at radius 2 is 2.14 bits per heavy atom. The number of hydrogen-bond acceptors (Lipinski definition) is 4. The maximum Gasteiger partial charge on any atom is 0.270 e. The summed E-state index contributed by atoms with van der Waals surface area (Å²) in [5.41, 5.74) is 4.51. The van der Waals surface area contributed by atoms with E-state index in [4.69, 9.17) is 10.5 Å². The molecule has 1 aromatic carbocycles. The maximum absolute atomic E-state index is 13.9. The van der Waals surface area contributed by atoms with E-state index in [9.17, 15) is 13.6 Å². The molecule has 0 fully saturated rings. The van der Waals surface area contributed by atoms with Crippen LogP contribution in [0.1, 0.15) is 5.56 Å². The van der Waals surface area contributed by atoms with Crippen molar-refractivity contribution in [3.05, 3.63) is 56.4 Å². The Morgan fingerprint density at radius 1 is 1.38 bits per heavy atom. The highest BCUT2D eigenvalue weighted by atomic mass is 79.9. The van der Waals surface area contributed by atoms with E-state index in [0.29, 0.717) is 6.54 Å². The zero-order valence-corrected chi connectivity index (χ0v) is 12.4. The van der Waals surface area contributed by atoms with Gasteiger partial charge < -0.3 is 10.5 Å². The highest BCUT2D eigenvalue weighted by Crippen LogP contribution is 2.22. The number of ether oxygens (including phenoxy) is 1. The lowest BCUT2D eigenvalue weighted by molar-refractivity contribution is 0.324. The van der Waals surface area contributed by atoms with Crippen molar-refractivity contribution < 1.29 is 13.5 Å². The average Bonchev–Trinajstić information content (AvgIpc) is 2.47. The minimum absolute atomic E-state index is 0.120.